The Hall–Kier alpha value is -1.05. The van der Waals surface area contributed by atoms with E-state index in [1.165, 1.54) is 0 Å². The molecule has 54 valence electrons. The third kappa shape index (κ3) is 1.26. The molecule has 0 radical (unpaired) electrons. The molecule has 0 saturated carbocycles. The molecule has 1 aromatic heterocycles. The Kier molecular flexibility index (Phi) is 1.90. The van der Waals surface area contributed by atoms with E-state index in [2.05, 4.69) is 4.98 Å². The summed E-state index contributed by atoms with van der Waals surface area (Å²) in [6.07, 6.45) is 6.00. The molecule has 0 unspecified atom stereocenters. The zero-order valence-electron chi connectivity index (χ0n) is 6.63. The highest BCUT2D eigenvalue weighted by atomic mass is 15.0. The van der Waals surface area contributed by atoms with E-state index >= 15 is 0 Å². The van der Waals surface area contributed by atoms with Crippen molar-refractivity contribution in [3.8, 4) is 0 Å². The zero-order valence-corrected chi connectivity index (χ0v) is 6.63. The van der Waals surface area contributed by atoms with Crippen LogP contribution in [-0.4, -0.2) is 9.55 Å². The number of hydrogen-bond donors (Lipinski definition) is 0. The lowest BCUT2D eigenvalue weighted by atomic mass is 10.6. The summed E-state index contributed by atoms with van der Waals surface area (Å²) >= 11 is 0. The molecule has 0 saturated heterocycles. The largest absolute Gasteiger partial charge is 0.311 e. The monoisotopic (exact) mass is 136 g/mol. The molecule has 0 spiro atoms. The summed E-state index contributed by atoms with van der Waals surface area (Å²) in [6.45, 7) is 5.98. The van der Waals surface area contributed by atoms with Gasteiger partial charge in [0.1, 0.15) is 5.82 Å². The molecule has 1 rings (SSSR count). The van der Waals surface area contributed by atoms with Gasteiger partial charge in [0.15, 0.2) is 0 Å². The van der Waals surface area contributed by atoms with E-state index < -0.39 is 0 Å². The predicted octanol–water partition coefficient (Wildman–Crippen LogP) is 1.99. The molecule has 0 aromatic carbocycles. The van der Waals surface area contributed by atoms with Crippen LogP contribution in [-0.2, 0) is 0 Å². The van der Waals surface area contributed by atoms with E-state index in [1.54, 1.807) is 0 Å². The zero-order chi connectivity index (χ0) is 7.56. The van der Waals surface area contributed by atoms with Gasteiger partial charge in [0.05, 0.1) is 5.69 Å². The fraction of sp³-hybridized carbons (Fsp3) is 0.375. The standard InChI is InChI=1S/C8H12N2/c1-4-5-10-6-7(2)9-8(10)3/h4-6H,1-3H3. The van der Waals surface area contributed by atoms with Gasteiger partial charge in [-0.05, 0) is 20.8 Å². The maximum atomic E-state index is 4.24. The van der Waals surface area contributed by atoms with Crippen molar-refractivity contribution in [2.75, 3.05) is 0 Å². The third-order valence-corrected chi connectivity index (χ3v) is 1.35. The van der Waals surface area contributed by atoms with Crippen LogP contribution in [0.3, 0.4) is 0 Å². The van der Waals surface area contributed by atoms with Crippen LogP contribution in [0.15, 0.2) is 12.3 Å². The van der Waals surface area contributed by atoms with E-state index in [0.29, 0.717) is 0 Å². The first-order valence-electron chi connectivity index (χ1n) is 3.39. The molecule has 0 atom stereocenters. The van der Waals surface area contributed by atoms with E-state index in [-0.39, 0.29) is 0 Å². The molecule has 10 heavy (non-hydrogen) atoms. The summed E-state index contributed by atoms with van der Waals surface area (Å²) in [7, 11) is 0. The maximum Gasteiger partial charge on any atom is 0.109 e. The topological polar surface area (TPSA) is 17.8 Å². The Morgan fingerprint density at radius 2 is 2.20 bits per heavy atom. The van der Waals surface area contributed by atoms with Crippen LogP contribution in [0.2, 0.25) is 0 Å². The molecular weight excluding hydrogens is 124 g/mol. The van der Waals surface area contributed by atoms with Gasteiger partial charge in [0, 0.05) is 12.4 Å². The van der Waals surface area contributed by atoms with Crippen molar-refractivity contribution in [1.29, 1.82) is 0 Å². The van der Waals surface area contributed by atoms with Crippen LogP contribution < -0.4 is 0 Å². The van der Waals surface area contributed by atoms with Gasteiger partial charge < -0.3 is 4.57 Å². The Morgan fingerprint density at radius 1 is 1.50 bits per heavy atom. The van der Waals surface area contributed by atoms with Gasteiger partial charge in [0.2, 0.25) is 0 Å². The quantitative estimate of drug-likeness (QED) is 0.577. The summed E-state index contributed by atoms with van der Waals surface area (Å²) in [5, 5.41) is 0. The average Bonchev–Trinajstić information content (AvgIpc) is 2.13. The number of nitrogens with zero attached hydrogens (tertiary/aromatic N) is 2. The maximum absolute atomic E-state index is 4.24. The van der Waals surface area contributed by atoms with Crippen LogP contribution in [0.25, 0.3) is 6.20 Å². The van der Waals surface area contributed by atoms with Crippen molar-refractivity contribution in [2.45, 2.75) is 20.8 Å². The first kappa shape index (κ1) is 7.06. The minimum atomic E-state index is 1.04. The Bertz CT molecular complexity index is 246. The minimum absolute atomic E-state index is 1.04. The molecule has 0 aliphatic carbocycles. The van der Waals surface area contributed by atoms with Crippen LogP contribution >= 0.6 is 0 Å². The van der Waals surface area contributed by atoms with E-state index in [1.807, 2.05) is 43.8 Å². The van der Waals surface area contributed by atoms with Crippen LogP contribution in [0, 0.1) is 13.8 Å². The molecule has 2 heteroatoms. The smallest absolute Gasteiger partial charge is 0.109 e. The van der Waals surface area contributed by atoms with E-state index in [9.17, 15) is 0 Å². The van der Waals surface area contributed by atoms with Gasteiger partial charge >= 0.3 is 0 Å². The van der Waals surface area contributed by atoms with Crippen molar-refractivity contribution >= 4 is 6.20 Å². The summed E-state index contributed by atoms with van der Waals surface area (Å²) < 4.78 is 2.01. The highest BCUT2D eigenvalue weighted by molar-refractivity contribution is 5.24. The molecule has 0 aliphatic heterocycles. The summed E-state index contributed by atoms with van der Waals surface area (Å²) in [4.78, 5) is 4.24. The molecule has 0 fully saturated rings. The van der Waals surface area contributed by atoms with Crippen molar-refractivity contribution in [3.05, 3.63) is 23.8 Å². The Labute approximate surface area is 61.2 Å². The van der Waals surface area contributed by atoms with Gasteiger partial charge in [-0.25, -0.2) is 4.98 Å². The Balaban J connectivity index is 3.03. The lowest BCUT2D eigenvalue weighted by Crippen LogP contribution is -1.85. The molecule has 2 nitrogen and oxygen atoms in total. The molecule has 0 aliphatic rings. The molecule has 1 aromatic rings. The molecule has 0 bridgehead atoms. The van der Waals surface area contributed by atoms with Gasteiger partial charge in [0.25, 0.3) is 0 Å². The normalized spacial score (nSPS) is 11.1. The number of aryl methyl sites for hydroxylation is 2. The lowest BCUT2D eigenvalue weighted by Gasteiger charge is -1.91. The number of hydrogen-bond acceptors (Lipinski definition) is 1. The third-order valence-electron chi connectivity index (χ3n) is 1.35. The lowest BCUT2D eigenvalue weighted by molar-refractivity contribution is 1.03. The number of allylic oxidation sites excluding steroid dienone is 1. The van der Waals surface area contributed by atoms with Crippen molar-refractivity contribution < 1.29 is 0 Å². The Morgan fingerprint density at radius 3 is 2.60 bits per heavy atom. The fourth-order valence-electron chi connectivity index (χ4n) is 0.948. The highest BCUT2D eigenvalue weighted by Crippen LogP contribution is 2.00. The number of rotatable bonds is 1. The van der Waals surface area contributed by atoms with Crippen LogP contribution in [0.1, 0.15) is 18.4 Å². The second kappa shape index (κ2) is 2.69. The summed E-state index contributed by atoms with van der Waals surface area (Å²) in [5.74, 6) is 1.04. The van der Waals surface area contributed by atoms with Gasteiger partial charge in [-0.2, -0.15) is 0 Å². The van der Waals surface area contributed by atoms with Crippen molar-refractivity contribution in [2.24, 2.45) is 0 Å². The van der Waals surface area contributed by atoms with Gasteiger partial charge in [-0.1, -0.05) is 6.08 Å². The van der Waals surface area contributed by atoms with Crippen molar-refractivity contribution in [1.82, 2.24) is 9.55 Å². The van der Waals surface area contributed by atoms with Crippen LogP contribution in [0.5, 0.6) is 0 Å². The molecule has 1 heterocycles. The second-order valence-electron chi connectivity index (χ2n) is 2.32. The van der Waals surface area contributed by atoms with E-state index in [4.69, 9.17) is 0 Å². The first-order chi connectivity index (χ1) is 4.74. The summed E-state index contributed by atoms with van der Waals surface area (Å²) in [5.41, 5.74) is 1.07. The highest BCUT2D eigenvalue weighted by Gasteiger charge is 1.94. The number of imidazole rings is 1. The molecular formula is C8H12N2. The SMILES string of the molecule is CC=Cn1cc(C)nc1C. The fourth-order valence-corrected chi connectivity index (χ4v) is 0.948. The predicted molar refractivity (Wildman–Crippen MR) is 42.7 cm³/mol. The summed E-state index contributed by atoms with van der Waals surface area (Å²) in [6, 6.07) is 0. The molecule has 0 amide bonds. The van der Waals surface area contributed by atoms with Crippen molar-refractivity contribution in [3.63, 3.8) is 0 Å². The number of aromatic nitrogens is 2. The molecule has 0 N–H and O–H groups in total. The van der Waals surface area contributed by atoms with Gasteiger partial charge in [-0.15, -0.1) is 0 Å². The van der Waals surface area contributed by atoms with Crippen LogP contribution in [0.4, 0.5) is 0 Å². The first-order valence-corrected chi connectivity index (χ1v) is 3.39. The average molecular weight is 136 g/mol. The van der Waals surface area contributed by atoms with Gasteiger partial charge in [-0.3, -0.25) is 0 Å². The van der Waals surface area contributed by atoms with E-state index in [0.717, 1.165) is 11.5 Å². The minimum Gasteiger partial charge on any atom is -0.311 e. The second-order valence-corrected chi connectivity index (χ2v) is 2.32.